The van der Waals surface area contributed by atoms with E-state index in [0.717, 1.165) is 0 Å². The number of carbonyl (C=O) groups excluding carboxylic acids is 1. The molecular weight excluding hydrogens is 278 g/mol. The first-order valence-electron chi connectivity index (χ1n) is 6.36. The van der Waals surface area contributed by atoms with Crippen molar-refractivity contribution in [3.8, 4) is 0 Å². The highest BCUT2D eigenvalue weighted by Crippen LogP contribution is 2.28. The van der Waals surface area contributed by atoms with E-state index in [1.54, 1.807) is 6.92 Å². The van der Waals surface area contributed by atoms with E-state index in [9.17, 15) is 14.9 Å². The maximum Gasteiger partial charge on any atom is 0.300 e. The maximum absolute atomic E-state index is 11.9. The number of hydrogen-bond donors (Lipinski definition) is 2. The molecule has 9 nitrogen and oxygen atoms in total. The third kappa shape index (κ3) is 3.07. The second kappa shape index (κ2) is 5.73. The Hall–Kier alpha value is -2.71. The van der Waals surface area contributed by atoms with Crippen LogP contribution in [0.2, 0.25) is 0 Å². The third-order valence-corrected chi connectivity index (χ3v) is 2.79. The zero-order chi connectivity index (χ0) is 15.6. The topological polar surface area (TPSA) is 123 Å². The van der Waals surface area contributed by atoms with Crippen molar-refractivity contribution in [2.24, 2.45) is 0 Å². The summed E-state index contributed by atoms with van der Waals surface area (Å²) in [6.45, 7) is 5.39. The molecule has 1 atom stereocenters. The summed E-state index contributed by atoms with van der Waals surface area (Å²) in [5.41, 5.74) is 0.509. The summed E-state index contributed by atoms with van der Waals surface area (Å²) in [6, 6.07) is 2.26. The molecule has 0 fully saturated rings. The molecule has 1 heterocycles. The molecule has 0 aliphatic rings. The predicted octanol–water partition coefficient (Wildman–Crippen LogP) is 1.46. The molecule has 0 saturated carbocycles. The number of carbonyl (C=O) groups is 1. The fourth-order valence-corrected chi connectivity index (χ4v) is 1.83. The third-order valence-electron chi connectivity index (χ3n) is 2.79. The normalized spacial score (nSPS) is 12.4. The van der Waals surface area contributed by atoms with E-state index in [2.05, 4.69) is 25.6 Å². The summed E-state index contributed by atoms with van der Waals surface area (Å²) in [6.07, 6.45) is 0. The number of non-ortho nitro benzene ring substituents is 1. The first-order valence-corrected chi connectivity index (χ1v) is 6.36. The Bertz CT molecular complexity index is 681. The monoisotopic (exact) mass is 293 g/mol. The van der Waals surface area contributed by atoms with E-state index < -0.39 is 11.0 Å². The highest BCUT2D eigenvalue weighted by atomic mass is 16.6. The summed E-state index contributed by atoms with van der Waals surface area (Å²) < 4.78 is 4.56. The first-order chi connectivity index (χ1) is 9.90. The van der Waals surface area contributed by atoms with Crippen molar-refractivity contribution in [3.05, 3.63) is 22.2 Å². The molecule has 0 aliphatic heterocycles. The standard InChI is InChI=1S/C12H15N5O4/c1-6(2)13-12(18)7(3)14-8-4-5-9(17(19)20)11-10(8)15-21-16-11/h4-7,14H,1-3H3,(H,13,18). The van der Waals surface area contributed by atoms with Gasteiger partial charge in [0, 0.05) is 12.1 Å². The quantitative estimate of drug-likeness (QED) is 0.631. The van der Waals surface area contributed by atoms with E-state index in [4.69, 9.17) is 0 Å². The zero-order valence-electron chi connectivity index (χ0n) is 11.8. The number of hydrogen-bond acceptors (Lipinski definition) is 7. The van der Waals surface area contributed by atoms with Crippen molar-refractivity contribution in [2.75, 3.05) is 5.32 Å². The number of amides is 1. The number of nitro groups is 1. The van der Waals surface area contributed by atoms with Gasteiger partial charge < -0.3 is 10.6 Å². The van der Waals surface area contributed by atoms with Crippen LogP contribution in [0.5, 0.6) is 0 Å². The number of rotatable bonds is 5. The van der Waals surface area contributed by atoms with Crippen LogP contribution in [0.1, 0.15) is 20.8 Å². The van der Waals surface area contributed by atoms with E-state index in [1.807, 2.05) is 13.8 Å². The van der Waals surface area contributed by atoms with Crippen LogP contribution >= 0.6 is 0 Å². The Morgan fingerprint density at radius 1 is 1.29 bits per heavy atom. The number of nitro benzene ring substituents is 1. The van der Waals surface area contributed by atoms with Gasteiger partial charge in [-0.1, -0.05) is 0 Å². The van der Waals surface area contributed by atoms with Gasteiger partial charge in [0.25, 0.3) is 0 Å². The van der Waals surface area contributed by atoms with Gasteiger partial charge >= 0.3 is 5.69 Å². The molecular formula is C12H15N5O4. The van der Waals surface area contributed by atoms with Crippen LogP contribution in [-0.4, -0.2) is 33.2 Å². The molecule has 112 valence electrons. The Kier molecular flexibility index (Phi) is 4.01. The summed E-state index contributed by atoms with van der Waals surface area (Å²) in [5.74, 6) is -0.187. The fraction of sp³-hybridized carbons (Fsp3) is 0.417. The van der Waals surface area contributed by atoms with Gasteiger partial charge in [0.05, 0.1) is 10.6 Å². The average molecular weight is 293 g/mol. The lowest BCUT2D eigenvalue weighted by molar-refractivity contribution is -0.383. The SMILES string of the molecule is CC(C)NC(=O)C(C)Nc1ccc([N+](=O)[O-])c2nonc12. The Morgan fingerprint density at radius 3 is 2.57 bits per heavy atom. The second-order valence-corrected chi connectivity index (χ2v) is 4.88. The van der Waals surface area contributed by atoms with Gasteiger partial charge in [-0.15, -0.1) is 0 Å². The number of anilines is 1. The maximum atomic E-state index is 11.9. The smallest absolute Gasteiger partial charge is 0.300 e. The zero-order valence-corrected chi connectivity index (χ0v) is 11.8. The van der Waals surface area contributed by atoms with Gasteiger partial charge in [0.1, 0.15) is 6.04 Å². The van der Waals surface area contributed by atoms with E-state index in [0.29, 0.717) is 5.69 Å². The molecule has 21 heavy (non-hydrogen) atoms. The van der Waals surface area contributed by atoms with Crippen LogP contribution in [0.25, 0.3) is 11.0 Å². The summed E-state index contributed by atoms with van der Waals surface area (Å²) in [4.78, 5) is 22.2. The van der Waals surface area contributed by atoms with Gasteiger partial charge in [0.15, 0.2) is 5.52 Å². The highest BCUT2D eigenvalue weighted by Gasteiger charge is 2.21. The van der Waals surface area contributed by atoms with Crippen LogP contribution in [0, 0.1) is 10.1 Å². The lowest BCUT2D eigenvalue weighted by Gasteiger charge is -2.16. The van der Waals surface area contributed by atoms with Crippen LogP contribution in [-0.2, 0) is 4.79 Å². The van der Waals surface area contributed by atoms with Crippen molar-refractivity contribution in [1.82, 2.24) is 15.6 Å². The molecule has 0 spiro atoms. The van der Waals surface area contributed by atoms with Gasteiger partial charge in [-0.3, -0.25) is 14.9 Å². The molecule has 2 rings (SSSR count). The van der Waals surface area contributed by atoms with Crippen molar-refractivity contribution in [3.63, 3.8) is 0 Å². The number of fused-ring (bicyclic) bond motifs is 1. The minimum atomic E-state index is -0.564. The van der Waals surface area contributed by atoms with Crippen LogP contribution in [0.4, 0.5) is 11.4 Å². The Morgan fingerprint density at radius 2 is 1.95 bits per heavy atom. The molecule has 0 bridgehead atoms. The van der Waals surface area contributed by atoms with Gasteiger partial charge in [-0.25, -0.2) is 4.63 Å². The van der Waals surface area contributed by atoms with E-state index >= 15 is 0 Å². The molecule has 0 saturated heterocycles. The number of aromatic nitrogens is 2. The fourth-order valence-electron chi connectivity index (χ4n) is 1.83. The molecule has 1 aromatic heterocycles. The summed E-state index contributed by atoms with van der Waals surface area (Å²) in [5, 5.41) is 23.8. The van der Waals surface area contributed by atoms with Gasteiger partial charge in [-0.05, 0) is 37.2 Å². The summed E-state index contributed by atoms with van der Waals surface area (Å²) in [7, 11) is 0. The van der Waals surface area contributed by atoms with Gasteiger partial charge in [0.2, 0.25) is 11.4 Å². The Balaban J connectivity index is 2.27. The number of benzene rings is 1. The molecule has 2 aromatic rings. The van der Waals surface area contributed by atoms with Crippen LogP contribution in [0.15, 0.2) is 16.8 Å². The van der Waals surface area contributed by atoms with Gasteiger partial charge in [-0.2, -0.15) is 0 Å². The Labute approximate surface area is 119 Å². The number of nitrogens with one attached hydrogen (secondary N) is 2. The molecule has 1 amide bonds. The minimum Gasteiger partial charge on any atom is -0.372 e. The summed E-state index contributed by atoms with van der Waals surface area (Å²) >= 11 is 0. The lowest BCUT2D eigenvalue weighted by atomic mass is 10.2. The van der Waals surface area contributed by atoms with Crippen LogP contribution in [0.3, 0.4) is 0 Å². The molecule has 0 aliphatic carbocycles. The lowest BCUT2D eigenvalue weighted by Crippen LogP contribution is -2.41. The molecule has 0 radical (unpaired) electrons. The van der Waals surface area contributed by atoms with Crippen LogP contribution < -0.4 is 10.6 Å². The van der Waals surface area contributed by atoms with E-state index in [1.165, 1.54) is 12.1 Å². The second-order valence-electron chi connectivity index (χ2n) is 4.88. The minimum absolute atomic E-state index is 0.0207. The van der Waals surface area contributed by atoms with Crippen molar-refractivity contribution in [2.45, 2.75) is 32.9 Å². The van der Waals surface area contributed by atoms with Crippen molar-refractivity contribution in [1.29, 1.82) is 0 Å². The molecule has 1 aromatic carbocycles. The average Bonchev–Trinajstić information content (AvgIpc) is 2.87. The van der Waals surface area contributed by atoms with Crippen molar-refractivity contribution >= 4 is 28.3 Å². The highest BCUT2D eigenvalue weighted by molar-refractivity contribution is 5.95. The van der Waals surface area contributed by atoms with E-state index in [-0.39, 0.29) is 28.7 Å². The van der Waals surface area contributed by atoms with Crippen molar-refractivity contribution < 1.29 is 14.3 Å². The number of nitrogens with zero attached hydrogens (tertiary/aromatic N) is 3. The molecule has 2 N–H and O–H groups in total. The molecule has 9 heteroatoms. The first kappa shape index (κ1) is 14.7. The predicted molar refractivity (Wildman–Crippen MR) is 74.8 cm³/mol. The molecule has 1 unspecified atom stereocenters. The largest absolute Gasteiger partial charge is 0.372 e.